The summed E-state index contributed by atoms with van der Waals surface area (Å²) in [4.78, 5) is 20.0. The topological polar surface area (TPSA) is 42.4 Å². The van der Waals surface area contributed by atoms with Crippen LogP contribution in [0.3, 0.4) is 0 Å². The third-order valence-electron chi connectivity index (χ3n) is 5.25. The number of aromatic nitrogens is 1. The standard InChI is InChI=1S/C22H24N2O2S/c1-14-9-10-17(12-16(14)3)21(25)24(13-18-7-5-11-26-18)22-23-20-15(2)6-4-8-19(20)27-22/h4,6,8-10,12,18H,5,7,11,13H2,1-3H3. The second kappa shape index (κ2) is 7.41. The zero-order valence-electron chi connectivity index (χ0n) is 16.0. The average Bonchev–Trinajstić information content (AvgIpc) is 3.31. The first-order valence-electron chi connectivity index (χ1n) is 9.40. The van der Waals surface area contributed by atoms with E-state index in [1.807, 2.05) is 36.1 Å². The van der Waals surface area contributed by atoms with E-state index >= 15 is 0 Å². The zero-order valence-corrected chi connectivity index (χ0v) is 16.8. The molecule has 3 aromatic rings. The van der Waals surface area contributed by atoms with Crippen LogP contribution in [-0.4, -0.2) is 30.1 Å². The summed E-state index contributed by atoms with van der Waals surface area (Å²) < 4.78 is 6.92. The highest BCUT2D eigenvalue weighted by Gasteiger charge is 2.27. The van der Waals surface area contributed by atoms with Crippen molar-refractivity contribution in [2.45, 2.75) is 39.7 Å². The minimum Gasteiger partial charge on any atom is -0.376 e. The first kappa shape index (κ1) is 18.1. The first-order valence-corrected chi connectivity index (χ1v) is 10.2. The number of aryl methyl sites for hydroxylation is 3. The molecule has 4 rings (SSSR count). The highest BCUT2D eigenvalue weighted by Crippen LogP contribution is 2.32. The summed E-state index contributed by atoms with van der Waals surface area (Å²) in [6, 6.07) is 12.0. The summed E-state index contributed by atoms with van der Waals surface area (Å²) in [6.45, 7) is 7.48. The van der Waals surface area contributed by atoms with Gasteiger partial charge in [-0.2, -0.15) is 0 Å². The van der Waals surface area contributed by atoms with Crippen LogP contribution in [0.1, 0.15) is 39.9 Å². The van der Waals surface area contributed by atoms with Gasteiger partial charge in [-0.25, -0.2) is 4.98 Å². The van der Waals surface area contributed by atoms with Gasteiger partial charge in [0.2, 0.25) is 0 Å². The van der Waals surface area contributed by atoms with E-state index in [1.54, 1.807) is 11.3 Å². The third-order valence-corrected chi connectivity index (χ3v) is 6.29. The summed E-state index contributed by atoms with van der Waals surface area (Å²) in [5, 5.41) is 0.748. The van der Waals surface area contributed by atoms with Crippen molar-refractivity contribution < 1.29 is 9.53 Å². The maximum absolute atomic E-state index is 13.4. The fraction of sp³-hybridized carbons (Fsp3) is 0.364. The number of para-hydroxylation sites is 1. The lowest BCUT2D eigenvalue weighted by molar-refractivity contribution is 0.0917. The fourth-order valence-corrected chi connectivity index (χ4v) is 4.51. The number of rotatable bonds is 4. The molecule has 27 heavy (non-hydrogen) atoms. The Balaban J connectivity index is 1.73. The van der Waals surface area contributed by atoms with Crippen LogP contribution in [0.2, 0.25) is 0 Å². The van der Waals surface area contributed by atoms with E-state index in [2.05, 4.69) is 26.0 Å². The molecule has 5 heteroatoms. The molecule has 4 nitrogen and oxygen atoms in total. The summed E-state index contributed by atoms with van der Waals surface area (Å²) >= 11 is 1.57. The smallest absolute Gasteiger partial charge is 0.260 e. The van der Waals surface area contributed by atoms with E-state index in [0.717, 1.165) is 45.9 Å². The number of anilines is 1. The molecule has 1 aliphatic rings. The molecule has 2 aromatic carbocycles. The van der Waals surface area contributed by atoms with Gasteiger partial charge in [0.1, 0.15) is 0 Å². The van der Waals surface area contributed by atoms with Gasteiger partial charge in [-0.05, 0) is 68.5 Å². The molecule has 1 amide bonds. The monoisotopic (exact) mass is 380 g/mol. The van der Waals surface area contributed by atoms with Gasteiger partial charge in [-0.15, -0.1) is 0 Å². The molecule has 0 spiro atoms. The van der Waals surface area contributed by atoms with Crippen LogP contribution in [0.15, 0.2) is 36.4 Å². The lowest BCUT2D eigenvalue weighted by Gasteiger charge is -2.23. The zero-order chi connectivity index (χ0) is 19.0. The van der Waals surface area contributed by atoms with Crippen molar-refractivity contribution in [3.63, 3.8) is 0 Å². The van der Waals surface area contributed by atoms with Gasteiger partial charge in [-0.3, -0.25) is 9.69 Å². The van der Waals surface area contributed by atoms with Crippen LogP contribution in [0, 0.1) is 20.8 Å². The molecule has 0 radical (unpaired) electrons. The Bertz CT molecular complexity index is 989. The van der Waals surface area contributed by atoms with E-state index in [1.165, 1.54) is 5.56 Å². The number of nitrogens with zero attached hydrogens (tertiary/aromatic N) is 2. The van der Waals surface area contributed by atoms with Crippen LogP contribution < -0.4 is 4.90 Å². The van der Waals surface area contributed by atoms with Crippen LogP contribution in [0.25, 0.3) is 10.2 Å². The SMILES string of the molecule is Cc1ccc(C(=O)N(CC2CCCO2)c2nc3c(C)cccc3s2)cc1C. The summed E-state index contributed by atoms with van der Waals surface area (Å²) in [5.41, 5.74) is 5.12. The molecule has 0 bridgehead atoms. The van der Waals surface area contributed by atoms with Crippen LogP contribution in [-0.2, 0) is 4.74 Å². The summed E-state index contributed by atoms with van der Waals surface area (Å²) in [5.74, 6) is -0.00897. The molecule has 140 valence electrons. The van der Waals surface area contributed by atoms with Crippen molar-refractivity contribution in [3.8, 4) is 0 Å². The van der Waals surface area contributed by atoms with Gasteiger partial charge in [0.15, 0.2) is 5.13 Å². The van der Waals surface area contributed by atoms with Crippen LogP contribution in [0.5, 0.6) is 0 Å². The Labute approximate surface area is 163 Å². The summed E-state index contributed by atoms with van der Waals surface area (Å²) in [6.07, 6.45) is 2.12. The number of thiazole rings is 1. The lowest BCUT2D eigenvalue weighted by Crippen LogP contribution is -2.37. The van der Waals surface area contributed by atoms with Crippen LogP contribution in [0.4, 0.5) is 5.13 Å². The van der Waals surface area contributed by atoms with E-state index in [0.29, 0.717) is 12.1 Å². The molecule has 2 heterocycles. The predicted molar refractivity (Wildman–Crippen MR) is 111 cm³/mol. The molecule has 1 fully saturated rings. The maximum atomic E-state index is 13.4. The normalized spacial score (nSPS) is 16.8. The molecule has 0 saturated carbocycles. The van der Waals surface area contributed by atoms with Gasteiger partial charge in [0.25, 0.3) is 5.91 Å². The number of carbonyl (C=O) groups is 1. The number of hydrogen-bond acceptors (Lipinski definition) is 4. The first-order chi connectivity index (χ1) is 13.0. The number of ether oxygens (including phenoxy) is 1. The number of carbonyl (C=O) groups excluding carboxylic acids is 1. The minimum absolute atomic E-state index is 0.00897. The number of fused-ring (bicyclic) bond motifs is 1. The number of amides is 1. The van der Waals surface area contributed by atoms with Crippen molar-refractivity contribution in [1.82, 2.24) is 4.98 Å². The minimum atomic E-state index is -0.00897. The van der Waals surface area contributed by atoms with Gasteiger partial charge in [0, 0.05) is 12.2 Å². The number of benzene rings is 2. The Morgan fingerprint density at radius 1 is 1.19 bits per heavy atom. The van der Waals surface area contributed by atoms with Crippen LogP contribution >= 0.6 is 11.3 Å². The molecule has 1 saturated heterocycles. The van der Waals surface area contributed by atoms with E-state index in [9.17, 15) is 4.79 Å². The molecule has 0 N–H and O–H groups in total. The van der Waals surface area contributed by atoms with Crippen molar-refractivity contribution in [2.24, 2.45) is 0 Å². The highest BCUT2D eigenvalue weighted by atomic mass is 32.1. The number of hydrogen-bond donors (Lipinski definition) is 0. The van der Waals surface area contributed by atoms with E-state index in [4.69, 9.17) is 9.72 Å². The summed E-state index contributed by atoms with van der Waals surface area (Å²) in [7, 11) is 0. The third kappa shape index (κ3) is 3.62. The average molecular weight is 381 g/mol. The second-order valence-corrected chi connectivity index (χ2v) is 8.28. The lowest BCUT2D eigenvalue weighted by atomic mass is 10.1. The maximum Gasteiger partial charge on any atom is 0.260 e. The molecule has 1 aliphatic heterocycles. The van der Waals surface area contributed by atoms with E-state index < -0.39 is 0 Å². The van der Waals surface area contributed by atoms with Crippen molar-refractivity contribution in [1.29, 1.82) is 0 Å². The molecule has 1 aromatic heterocycles. The Kier molecular flexibility index (Phi) is 4.98. The van der Waals surface area contributed by atoms with E-state index in [-0.39, 0.29) is 12.0 Å². The second-order valence-electron chi connectivity index (χ2n) is 7.27. The van der Waals surface area contributed by atoms with Gasteiger partial charge < -0.3 is 4.74 Å². The van der Waals surface area contributed by atoms with Crippen molar-refractivity contribution in [2.75, 3.05) is 18.1 Å². The predicted octanol–water partition coefficient (Wildman–Crippen LogP) is 5.05. The molecule has 1 unspecified atom stereocenters. The van der Waals surface area contributed by atoms with Crippen molar-refractivity contribution in [3.05, 3.63) is 58.7 Å². The Hall–Kier alpha value is -2.24. The largest absolute Gasteiger partial charge is 0.376 e. The molecular weight excluding hydrogens is 356 g/mol. The molecular formula is C22H24N2O2S. The highest BCUT2D eigenvalue weighted by molar-refractivity contribution is 7.22. The quantitative estimate of drug-likeness (QED) is 0.636. The van der Waals surface area contributed by atoms with Gasteiger partial charge in [0.05, 0.1) is 22.9 Å². The Morgan fingerprint density at radius 2 is 2.04 bits per heavy atom. The molecule has 1 atom stereocenters. The van der Waals surface area contributed by atoms with Gasteiger partial charge in [-0.1, -0.05) is 29.5 Å². The molecule has 0 aliphatic carbocycles. The fourth-order valence-electron chi connectivity index (χ4n) is 3.46. The van der Waals surface area contributed by atoms with Gasteiger partial charge >= 0.3 is 0 Å². The Morgan fingerprint density at radius 3 is 2.74 bits per heavy atom. The van der Waals surface area contributed by atoms with Crippen molar-refractivity contribution >= 4 is 32.6 Å².